The number of aromatic amines is 1. The van der Waals surface area contributed by atoms with Gasteiger partial charge in [-0.15, -0.1) is 0 Å². The summed E-state index contributed by atoms with van der Waals surface area (Å²) in [6.07, 6.45) is 4.04. The third kappa shape index (κ3) is 3.68. The summed E-state index contributed by atoms with van der Waals surface area (Å²) in [6.45, 7) is 4.44. The monoisotopic (exact) mass is 324 g/mol. The van der Waals surface area contributed by atoms with E-state index in [0.29, 0.717) is 24.4 Å². The maximum atomic E-state index is 12.4. The number of carbonyl (C=O) groups is 1. The van der Waals surface area contributed by atoms with Gasteiger partial charge in [0.2, 0.25) is 0 Å². The molecule has 0 bridgehead atoms. The Hall–Kier alpha value is -2.96. The molecule has 24 heavy (non-hydrogen) atoms. The number of rotatable bonds is 6. The van der Waals surface area contributed by atoms with E-state index >= 15 is 0 Å². The van der Waals surface area contributed by atoms with E-state index in [2.05, 4.69) is 25.6 Å². The van der Waals surface area contributed by atoms with Crippen LogP contribution in [0, 0.1) is 6.92 Å². The Bertz CT molecular complexity index is 807. The Balaban J connectivity index is 1.67. The standard InChI is InChI=1S/C17H20N6O/c1-3-15(16-19-12(2)21-22-16)20-17(24)14-9-18-23(11-14)10-13-7-5-4-6-8-13/h4-9,11,15H,3,10H2,1-2H3,(H,20,24)(H,19,21,22)/t15-/m0/s1. The predicted octanol–water partition coefficient (Wildman–Crippen LogP) is 2.24. The first-order valence-electron chi connectivity index (χ1n) is 7.92. The first-order chi connectivity index (χ1) is 11.7. The fraction of sp³-hybridized carbons (Fsp3) is 0.294. The van der Waals surface area contributed by atoms with Crippen molar-refractivity contribution in [3.8, 4) is 0 Å². The molecule has 0 unspecified atom stereocenters. The van der Waals surface area contributed by atoms with Crippen LogP contribution in [0.15, 0.2) is 42.7 Å². The van der Waals surface area contributed by atoms with Crippen LogP contribution in [-0.4, -0.2) is 30.9 Å². The zero-order valence-corrected chi connectivity index (χ0v) is 13.7. The Labute approximate surface area is 140 Å². The van der Waals surface area contributed by atoms with Gasteiger partial charge in [0.1, 0.15) is 5.82 Å². The van der Waals surface area contributed by atoms with E-state index in [-0.39, 0.29) is 11.9 Å². The second-order valence-electron chi connectivity index (χ2n) is 5.63. The molecule has 1 aromatic carbocycles. The molecule has 3 aromatic rings. The molecule has 0 saturated heterocycles. The summed E-state index contributed by atoms with van der Waals surface area (Å²) in [7, 11) is 0. The molecule has 7 heteroatoms. The molecule has 2 N–H and O–H groups in total. The van der Waals surface area contributed by atoms with E-state index < -0.39 is 0 Å². The highest BCUT2D eigenvalue weighted by Crippen LogP contribution is 2.13. The summed E-state index contributed by atoms with van der Waals surface area (Å²) in [6, 6.07) is 9.77. The van der Waals surface area contributed by atoms with Crippen molar-refractivity contribution < 1.29 is 4.79 Å². The summed E-state index contributed by atoms with van der Waals surface area (Å²) < 4.78 is 1.75. The van der Waals surface area contributed by atoms with Gasteiger partial charge < -0.3 is 5.32 Å². The van der Waals surface area contributed by atoms with Gasteiger partial charge in [-0.25, -0.2) is 4.98 Å². The summed E-state index contributed by atoms with van der Waals surface area (Å²) in [5.41, 5.74) is 1.66. The fourth-order valence-electron chi connectivity index (χ4n) is 2.44. The maximum absolute atomic E-state index is 12.4. The average Bonchev–Trinajstić information content (AvgIpc) is 3.22. The second kappa shape index (κ2) is 7.08. The highest BCUT2D eigenvalue weighted by atomic mass is 16.1. The molecule has 2 heterocycles. The number of hydrogen-bond acceptors (Lipinski definition) is 4. The summed E-state index contributed by atoms with van der Waals surface area (Å²) in [5, 5.41) is 14.1. The van der Waals surface area contributed by atoms with Gasteiger partial charge in [0.25, 0.3) is 5.91 Å². The Morgan fingerprint density at radius 3 is 2.79 bits per heavy atom. The zero-order valence-electron chi connectivity index (χ0n) is 13.7. The number of hydrogen-bond donors (Lipinski definition) is 2. The molecule has 0 aliphatic rings. The van der Waals surface area contributed by atoms with Crippen molar-refractivity contribution in [3.63, 3.8) is 0 Å². The Morgan fingerprint density at radius 1 is 1.33 bits per heavy atom. The number of H-pyrrole nitrogens is 1. The SMILES string of the molecule is CC[C@H](NC(=O)c1cnn(Cc2ccccc2)c1)c1n[nH]c(C)n1. The minimum Gasteiger partial charge on any atom is -0.342 e. The molecule has 0 fully saturated rings. The molecule has 0 aliphatic heterocycles. The lowest BCUT2D eigenvalue weighted by atomic mass is 10.2. The lowest BCUT2D eigenvalue weighted by Crippen LogP contribution is -2.28. The van der Waals surface area contributed by atoms with Gasteiger partial charge in [0.05, 0.1) is 24.3 Å². The van der Waals surface area contributed by atoms with E-state index in [1.807, 2.05) is 44.2 Å². The van der Waals surface area contributed by atoms with Crippen LogP contribution in [0.25, 0.3) is 0 Å². The second-order valence-corrected chi connectivity index (χ2v) is 5.63. The highest BCUT2D eigenvalue weighted by Gasteiger charge is 2.18. The van der Waals surface area contributed by atoms with Crippen molar-refractivity contribution in [2.75, 3.05) is 0 Å². The molecular formula is C17H20N6O. The van der Waals surface area contributed by atoms with Crippen LogP contribution < -0.4 is 5.32 Å². The average molecular weight is 324 g/mol. The molecule has 0 saturated carbocycles. The van der Waals surface area contributed by atoms with Crippen molar-refractivity contribution >= 4 is 5.91 Å². The van der Waals surface area contributed by atoms with Gasteiger partial charge in [0.15, 0.2) is 5.82 Å². The third-order valence-electron chi connectivity index (χ3n) is 3.72. The summed E-state index contributed by atoms with van der Waals surface area (Å²) >= 11 is 0. The molecule has 3 rings (SSSR count). The van der Waals surface area contributed by atoms with Crippen LogP contribution in [0.1, 0.15) is 47.0 Å². The minimum absolute atomic E-state index is 0.177. The number of benzene rings is 1. The molecule has 1 amide bonds. The lowest BCUT2D eigenvalue weighted by molar-refractivity contribution is 0.0933. The van der Waals surface area contributed by atoms with E-state index in [1.165, 1.54) is 0 Å². The highest BCUT2D eigenvalue weighted by molar-refractivity contribution is 5.93. The predicted molar refractivity (Wildman–Crippen MR) is 89.4 cm³/mol. The molecule has 0 spiro atoms. The molecular weight excluding hydrogens is 304 g/mol. The van der Waals surface area contributed by atoms with Crippen molar-refractivity contribution in [1.29, 1.82) is 0 Å². The Kier molecular flexibility index (Phi) is 4.69. The number of aryl methyl sites for hydroxylation is 1. The Morgan fingerprint density at radius 2 is 2.12 bits per heavy atom. The van der Waals surface area contributed by atoms with Crippen LogP contribution in [0.3, 0.4) is 0 Å². The fourth-order valence-corrected chi connectivity index (χ4v) is 2.44. The largest absolute Gasteiger partial charge is 0.342 e. The van der Waals surface area contributed by atoms with Gasteiger partial charge in [-0.05, 0) is 18.9 Å². The van der Waals surface area contributed by atoms with Crippen molar-refractivity contribution in [2.45, 2.75) is 32.9 Å². The van der Waals surface area contributed by atoms with Gasteiger partial charge in [-0.1, -0.05) is 37.3 Å². The molecule has 7 nitrogen and oxygen atoms in total. The molecule has 124 valence electrons. The van der Waals surface area contributed by atoms with Crippen molar-refractivity contribution in [2.24, 2.45) is 0 Å². The third-order valence-corrected chi connectivity index (χ3v) is 3.72. The lowest BCUT2D eigenvalue weighted by Gasteiger charge is -2.12. The van der Waals surface area contributed by atoms with E-state index in [1.54, 1.807) is 17.1 Å². The number of carbonyl (C=O) groups excluding carboxylic acids is 1. The molecule has 0 aliphatic carbocycles. The summed E-state index contributed by atoms with van der Waals surface area (Å²) in [5.74, 6) is 1.15. The van der Waals surface area contributed by atoms with Gasteiger partial charge in [-0.2, -0.15) is 10.2 Å². The smallest absolute Gasteiger partial charge is 0.255 e. The quantitative estimate of drug-likeness (QED) is 0.728. The van der Waals surface area contributed by atoms with E-state index in [0.717, 1.165) is 11.4 Å². The normalized spacial score (nSPS) is 12.1. The van der Waals surface area contributed by atoms with E-state index in [9.17, 15) is 4.79 Å². The number of amides is 1. The first kappa shape index (κ1) is 15.9. The van der Waals surface area contributed by atoms with Crippen LogP contribution in [0.5, 0.6) is 0 Å². The van der Waals surface area contributed by atoms with Gasteiger partial charge >= 0.3 is 0 Å². The number of nitrogens with one attached hydrogen (secondary N) is 2. The van der Waals surface area contributed by atoms with Crippen LogP contribution in [0.2, 0.25) is 0 Å². The van der Waals surface area contributed by atoms with Crippen molar-refractivity contribution in [1.82, 2.24) is 30.3 Å². The van der Waals surface area contributed by atoms with Crippen molar-refractivity contribution in [3.05, 3.63) is 65.5 Å². The van der Waals surface area contributed by atoms with Crippen LogP contribution >= 0.6 is 0 Å². The molecule has 0 radical (unpaired) electrons. The zero-order chi connectivity index (χ0) is 16.9. The van der Waals surface area contributed by atoms with Crippen LogP contribution in [0.4, 0.5) is 0 Å². The number of aromatic nitrogens is 5. The first-order valence-corrected chi connectivity index (χ1v) is 7.92. The minimum atomic E-state index is -0.222. The summed E-state index contributed by atoms with van der Waals surface area (Å²) in [4.78, 5) is 16.7. The van der Waals surface area contributed by atoms with Crippen LogP contribution in [-0.2, 0) is 6.54 Å². The van der Waals surface area contributed by atoms with E-state index in [4.69, 9.17) is 0 Å². The number of nitrogens with zero attached hydrogens (tertiary/aromatic N) is 4. The maximum Gasteiger partial charge on any atom is 0.255 e. The van der Waals surface area contributed by atoms with Gasteiger partial charge in [0, 0.05) is 6.20 Å². The molecule has 1 atom stereocenters. The molecule has 2 aromatic heterocycles. The topological polar surface area (TPSA) is 88.5 Å². The van der Waals surface area contributed by atoms with Gasteiger partial charge in [-0.3, -0.25) is 14.6 Å².